The maximum atomic E-state index is 11.4. The zero-order chi connectivity index (χ0) is 15.6. The molecule has 0 aromatic rings. The van der Waals surface area contributed by atoms with Gasteiger partial charge in [-0.2, -0.15) is 0 Å². The molecule has 0 rings (SSSR count). The Morgan fingerprint density at radius 2 is 1.62 bits per heavy atom. The van der Waals surface area contributed by atoms with Gasteiger partial charge < -0.3 is 31.1 Å². The number of nitrogens with one attached hydrogen (secondary N) is 4. The Morgan fingerprint density at radius 3 is 2.29 bits per heavy atom. The van der Waals surface area contributed by atoms with Crippen molar-refractivity contribution in [2.75, 3.05) is 65.6 Å². The highest BCUT2D eigenvalue weighted by atomic mass is 16.5. The number of rotatable bonds is 16. The van der Waals surface area contributed by atoms with Gasteiger partial charge in [-0.05, 0) is 19.5 Å². The number of aliphatic hydroxyl groups excluding tert-OH is 1. The van der Waals surface area contributed by atoms with Gasteiger partial charge in [-0.3, -0.25) is 4.79 Å². The lowest BCUT2D eigenvalue weighted by Crippen LogP contribution is -2.33. The predicted octanol–water partition coefficient (Wildman–Crippen LogP) is -1.32. The van der Waals surface area contributed by atoms with Crippen LogP contribution in [0.3, 0.4) is 0 Å². The second kappa shape index (κ2) is 17.3. The minimum absolute atomic E-state index is 0.0174. The Balaban J connectivity index is 3.11. The molecule has 0 aliphatic rings. The molecule has 0 saturated heterocycles. The highest BCUT2D eigenvalue weighted by Crippen LogP contribution is 1.86. The summed E-state index contributed by atoms with van der Waals surface area (Å²) in [6.07, 6.45) is 1.36. The molecule has 126 valence electrons. The fourth-order valence-corrected chi connectivity index (χ4v) is 1.67. The van der Waals surface area contributed by atoms with E-state index in [1.54, 1.807) is 0 Å². The number of carbonyl (C=O) groups excluding carboxylic acids is 1. The van der Waals surface area contributed by atoms with Gasteiger partial charge in [-0.15, -0.1) is 0 Å². The molecule has 0 bridgehead atoms. The molecule has 0 atom stereocenters. The molecule has 7 nitrogen and oxygen atoms in total. The molecule has 21 heavy (non-hydrogen) atoms. The smallest absolute Gasteiger partial charge is 0.220 e. The number of aliphatic hydroxyl groups is 1. The van der Waals surface area contributed by atoms with Crippen molar-refractivity contribution in [2.45, 2.75) is 19.8 Å². The van der Waals surface area contributed by atoms with Crippen LogP contribution in [0.25, 0.3) is 0 Å². The topological polar surface area (TPSA) is 94.7 Å². The Hall–Kier alpha value is -0.730. The van der Waals surface area contributed by atoms with E-state index in [0.717, 1.165) is 45.7 Å². The first kappa shape index (κ1) is 20.3. The van der Waals surface area contributed by atoms with Crippen LogP contribution in [0.1, 0.15) is 19.8 Å². The fourth-order valence-electron chi connectivity index (χ4n) is 1.67. The van der Waals surface area contributed by atoms with Crippen molar-refractivity contribution >= 4 is 5.91 Å². The van der Waals surface area contributed by atoms with Crippen molar-refractivity contribution in [1.29, 1.82) is 0 Å². The van der Waals surface area contributed by atoms with Crippen LogP contribution in [0.15, 0.2) is 0 Å². The van der Waals surface area contributed by atoms with E-state index < -0.39 is 0 Å². The van der Waals surface area contributed by atoms with Crippen LogP contribution in [0.5, 0.6) is 0 Å². The summed E-state index contributed by atoms with van der Waals surface area (Å²) in [4.78, 5) is 11.4. The van der Waals surface area contributed by atoms with Crippen LogP contribution in [-0.2, 0) is 9.53 Å². The summed E-state index contributed by atoms with van der Waals surface area (Å²) in [5.41, 5.74) is 0. The lowest BCUT2D eigenvalue weighted by atomic mass is 10.3. The Labute approximate surface area is 128 Å². The number of hydrogen-bond donors (Lipinski definition) is 5. The molecule has 7 heteroatoms. The lowest BCUT2D eigenvalue weighted by Gasteiger charge is -2.07. The molecule has 1 amide bonds. The van der Waals surface area contributed by atoms with Crippen molar-refractivity contribution in [3.8, 4) is 0 Å². The molecule has 5 N–H and O–H groups in total. The van der Waals surface area contributed by atoms with Crippen LogP contribution in [0, 0.1) is 0 Å². The van der Waals surface area contributed by atoms with E-state index in [-0.39, 0.29) is 12.5 Å². The SMILES string of the molecule is CCNCCNCCNCCCC(=O)NCCOCCO. The van der Waals surface area contributed by atoms with E-state index in [9.17, 15) is 4.79 Å². The van der Waals surface area contributed by atoms with Crippen molar-refractivity contribution in [3.63, 3.8) is 0 Å². The molecule has 0 spiro atoms. The van der Waals surface area contributed by atoms with Crippen molar-refractivity contribution in [2.24, 2.45) is 0 Å². The number of hydrogen-bond acceptors (Lipinski definition) is 6. The van der Waals surface area contributed by atoms with Crippen LogP contribution >= 0.6 is 0 Å². The zero-order valence-corrected chi connectivity index (χ0v) is 13.2. The summed E-state index contributed by atoms with van der Waals surface area (Å²) < 4.78 is 5.05. The molecule has 0 aromatic carbocycles. The Kier molecular flexibility index (Phi) is 16.7. The maximum absolute atomic E-state index is 11.4. The molecular weight excluding hydrogens is 272 g/mol. The van der Waals surface area contributed by atoms with E-state index in [1.165, 1.54) is 0 Å². The van der Waals surface area contributed by atoms with Gasteiger partial charge in [0.25, 0.3) is 0 Å². The van der Waals surface area contributed by atoms with Crippen LogP contribution in [0.4, 0.5) is 0 Å². The number of ether oxygens (including phenoxy) is 1. The number of carbonyl (C=O) groups is 1. The van der Waals surface area contributed by atoms with Crippen molar-refractivity contribution in [3.05, 3.63) is 0 Å². The Bertz CT molecular complexity index is 230. The van der Waals surface area contributed by atoms with Gasteiger partial charge in [0, 0.05) is 39.1 Å². The molecule has 0 aliphatic carbocycles. The van der Waals surface area contributed by atoms with Gasteiger partial charge in [-0.1, -0.05) is 6.92 Å². The summed E-state index contributed by atoms with van der Waals surface area (Å²) in [6.45, 7) is 9.09. The van der Waals surface area contributed by atoms with Crippen LogP contribution in [0.2, 0.25) is 0 Å². The second-order valence-electron chi connectivity index (χ2n) is 4.64. The third kappa shape index (κ3) is 17.2. The van der Waals surface area contributed by atoms with E-state index in [1.807, 2.05) is 0 Å². The standard InChI is InChI=1S/C14H32N4O3/c1-2-15-6-7-17-9-8-16-5-3-4-14(20)18-10-12-21-13-11-19/h15-17,19H,2-13H2,1H3,(H,18,20). The van der Waals surface area contributed by atoms with Gasteiger partial charge in [0.2, 0.25) is 5.91 Å². The first-order chi connectivity index (χ1) is 10.3. The molecule has 0 unspecified atom stereocenters. The van der Waals surface area contributed by atoms with E-state index in [0.29, 0.717) is 26.2 Å². The maximum Gasteiger partial charge on any atom is 0.220 e. The molecule has 0 radical (unpaired) electrons. The summed E-state index contributed by atoms with van der Waals surface area (Å²) in [7, 11) is 0. The highest BCUT2D eigenvalue weighted by molar-refractivity contribution is 5.75. The van der Waals surface area contributed by atoms with Gasteiger partial charge in [0.1, 0.15) is 0 Å². The summed E-state index contributed by atoms with van der Waals surface area (Å²) in [5, 5.41) is 21.2. The number of amides is 1. The highest BCUT2D eigenvalue weighted by Gasteiger charge is 1.99. The third-order valence-corrected chi connectivity index (χ3v) is 2.77. The quantitative estimate of drug-likeness (QED) is 0.227. The zero-order valence-electron chi connectivity index (χ0n) is 13.2. The van der Waals surface area contributed by atoms with Gasteiger partial charge in [0.15, 0.2) is 0 Å². The van der Waals surface area contributed by atoms with Crippen molar-refractivity contribution < 1.29 is 14.6 Å². The lowest BCUT2D eigenvalue weighted by molar-refractivity contribution is -0.121. The van der Waals surface area contributed by atoms with E-state index in [2.05, 4.69) is 28.2 Å². The van der Waals surface area contributed by atoms with E-state index in [4.69, 9.17) is 9.84 Å². The molecule has 0 heterocycles. The average Bonchev–Trinajstić information content (AvgIpc) is 2.49. The predicted molar refractivity (Wildman–Crippen MR) is 84.4 cm³/mol. The number of likely N-dealkylation sites (N-methyl/N-ethyl adjacent to an activating group) is 1. The largest absolute Gasteiger partial charge is 0.394 e. The molecule has 0 aromatic heterocycles. The summed E-state index contributed by atoms with van der Waals surface area (Å²) in [6, 6.07) is 0. The molecular formula is C14H32N4O3. The summed E-state index contributed by atoms with van der Waals surface area (Å²) >= 11 is 0. The average molecular weight is 304 g/mol. The minimum Gasteiger partial charge on any atom is -0.394 e. The van der Waals surface area contributed by atoms with Gasteiger partial charge in [0.05, 0.1) is 19.8 Å². The third-order valence-electron chi connectivity index (χ3n) is 2.77. The Morgan fingerprint density at radius 1 is 0.952 bits per heavy atom. The monoisotopic (exact) mass is 304 g/mol. The fraction of sp³-hybridized carbons (Fsp3) is 0.929. The second-order valence-corrected chi connectivity index (χ2v) is 4.64. The first-order valence-electron chi connectivity index (χ1n) is 7.88. The van der Waals surface area contributed by atoms with Crippen LogP contribution in [-0.4, -0.2) is 76.6 Å². The minimum atomic E-state index is 0.0174. The molecule has 0 fully saturated rings. The van der Waals surface area contributed by atoms with Crippen molar-refractivity contribution in [1.82, 2.24) is 21.3 Å². The van der Waals surface area contributed by atoms with Crippen LogP contribution < -0.4 is 21.3 Å². The first-order valence-corrected chi connectivity index (χ1v) is 7.88. The summed E-state index contributed by atoms with van der Waals surface area (Å²) in [5.74, 6) is 0.0492. The molecule has 0 aliphatic heterocycles. The normalized spacial score (nSPS) is 10.8. The molecule has 0 saturated carbocycles. The van der Waals surface area contributed by atoms with E-state index >= 15 is 0 Å². The van der Waals surface area contributed by atoms with Gasteiger partial charge >= 0.3 is 0 Å². The van der Waals surface area contributed by atoms with Gasteiger partial charge in [-0.25, -0.2) is 0 Å².